The van der Waals surface area contributed by atoms with Gasteiger partial charge in [0, 0.05) is 22.9 Å². The first kappa shape index (κ1) is 8.38. The van der Waals surface area contributed by atoms with E-state index in [0.717, 1.165) is 10.4 Å². The summed E-state index contributed by atoms with van der Waals surface area (Å²) in [5.41, 5.74) is 0. The SMILES string of the molecule is CC1SCCC1Nc1nccs1. The Morgan fingerprint density at radius 1 is 1.67 bits per heavy atom. The van der Waals surface area contributed by atoms with Crippen LogP contribution in [0.25, 0.3) is 0 Å². The van der Waals surface area contributed by atoms with Crippen LogP contribution in [0.1, 0.15) is 13.3 Å². The number of thioether (sulfide) groups is 1. The molecule has 0 aromatic carbocycles. The van der Waals surface area contributed by atoms with Gasteiger partial charge in [0.25, 0.3) is 0 Å². The number of hydrogen-bond acceptors (Lipinski definition) is 4. The van der Waals surface area contributed by atoms with Crippen molar-refractivity contribution in [2.75, 3.05) is 11.1 Å². The topological polar surface area (TPSA) is 24.9 Å². The van der Waals surface area contributed by atoms with Crippen molar-refractivity contribution < 1.29 is 0 Å². The van der Waals surface area contributed by atoms with Gasteiger partial charge in [-0.15, -0.1) is 11.3 Å². The lowest BCUT2D eigenvalue weighted by Crippen LogP contribution is -2.24. The fourth-order valence-corrected chi connectivity index (χ4v) is 3.16. The molecule has 0 spiro atoms. The highest BCUT2D eigenvalue weighted by Gasteiger charge is 2.23. The molecule has 0 saturated carbocycles. The zero-order valence-corrected chi connectivity index (χ0v) is 8.62. The van der Waals surface area contributed by atoms with Crippen LogP contribution < -0.4 is 5.32 Å². The second-order valence-electron chi connectivity index (χ2n) is 2.95. The summed E-state index contributed by atoms with van der Waals surface area (Å²) >= 11 is 3.72. The van der Waals surface area contributed by atoms with E-state index in [9.17, 15) is 0 Å². The van der Waals surface area contributed by atoms with Gasteiger partial charge in [0.05, 0.1) is 0 Å². The third-order valence-electron chi connectivity index (χ3n) is 2.12. The second-order valence-corrected chi connectivity index (χ2v) is 5.33. The number of anilines is 1. The minimum Gasteiger partial charge on any atom is -0.358 e. The largest absolute Gasteiger partial charge is 0.358 e. The molecule has 4 heteroatoms. The molecule has 2 nitrogen and oxygen atoms in total. The Balaban J connectivity index is 1.95. The average molecular weight is 200 g/mol. The lowest BCUT2D eigenvalue weighted by Gasteiger charge is -2.14. The van der Waals surface area contributed by atoms with E-state index in [1.165, 1.54) is 12.2 Å². The average Bonchev–Trinajstić information content (AvgIpc) is 2.65. The Bertz CT molecular complexity index is 235. The lowest BCUT2D eigenvalue weighted by atomic mass is 10.2. The molecule has 0 amide bonds. The van der Waals surface area contributed by atoms with Crippen LogP contribution in [0.3, 0.4) is 0 Å². The molecule has 2 heterocycles. The molecule has 2 unspecified atom stereocenters. The highest BCUT2D eigenvalue weighted by molar-refractivity contribution is 8.00. The Morgan fingerprint density at radius 2 is 2.58 bits per heavy atom. The van der Waals surface area contributed by atoms with Crippen LogP contribution in [0.5, 0.6) is 0 Å². The number of aromatic nitrogens is 1. The maximum absolute atomic E-state index is 4.21. The maximum Gasteiger partial charge on any atom is 0.182 e. The van der Waals surface area contributed by atoms with Gasteiger partial charge in [-0.3, -0.25) is 0 Å². The molecule has 2 atom stereocenters. The number of nitrogens with one attached hydrogen (secondary N) is 1. The van der Waals surface area contributed by atoms with E-state index >= 15 is 0 Å². The normalized spacial score (nSPS) is 29.1. The van der Waals surface area contributed by atoms with Crippen molar-refractivity contribution in [1.29, 1.82) is 0 Å². The molecule has 12 heavy (non-hydrogen) atoms. The molecular formula is C8H12N2S2. The van der Waals surface area contributed by atoms with E-state index in [0.29, 0.717) is 6.04 Å². The highest BCUT2D eigenvalue weighted by atomic mass is 32.2. The van der Waals surface area contributed by atoms with Crippen molar-refractivity contribution in [3.63, 3.8) is 0 Å². The van der Waals surface area contributed by atoms with Crippen molar-refractivity contribution in [2.45, 2.75) is 24.6 Å². The molecule has 1 N–H and O–H groups in total. The van der Waals surface area contributed by atoms with Gasteiger partial charge >= 0.3 is 0 Å². The minimum absolute atomic E-state index is 0.626. The number of hydrogen-bond donors (Lipinski definition) is 1. The van der Waals surface area contributed by atoms with Crippen LogP contribution in [0, 0.1) is 0 Å². The Kier molecular flexibility index (Phi) is 2.56. The van der Waals surface area contributed by atoms with Crippen molar-refractivity contribution in [1.82, 2.24) is 4.98 Å². The number of thiazole rings is 1. The molecule has 1 aromatic heterocycles. The Morgan fingerprint density at radius 3 is 3.17 bits per heavy atom. The third kappa shape index (κ3) is 1.75. The van der Waals surface area contributed by atoms with Gasteiger partial charge in [0.1, 0.15) is 0 Å². The zero-order chi connectivity index (χ0) is 8.39. The zero-order valence-electron chi connectivity index (χ0n) is 6.99. The summed E-state index contributed by atoms with van der Waals surface area (Å²) in [4.78, 5) is 4.21. The quantitative estimate of drug-likeness (QED) is 0.793. The molecule has 0 aliphatic carbocycles. The van der Waals surface area contributed by atoms with Crippen molar-refractivity contribution in [2.24, 2.45) is 0 Å². The smallest absolute Gasteiger partial charge is 0.182 e. The van der Waals surface area contributed by atoms with Crippen LogP contribution in [0.15, 0.2) is 11.6 Å². The van der Waals surface area contributed by atoms with Gasteiger partial charge in [0.15, 0.2) is 5.13 Å². The van der Waals surface area contributed by atoms with Gasteiger partial charge < -0.3 is 5.32 Å². The first-order valence-electron chi connectivity index (χ1n) is 4.14. The summed E-state index contributed by atoms with van der Waals surface area (Å²) in [7, 11) is 0. The van der Waals surface area contributed by atoms with Crippen LogP contribution in [0.2, 0.25) is 0 Å². The monoisotopic (exact) mass is 200 g/mol. The fraction of sp³-hybridized carbons (Fsp3) is 0.625. The second kappa shape index (κ2) is 3.66. The van der Waals surface area contributed by atoms with Gasteiger partial charge in [0.2, 0.25) is 0 Å². The van der Waals surface area contributed by atoms with E-state index in [2.05, 4.69) is 17.2 Å². The maximum atomic E-state index is 4.21. The summed E-state index contributed by atoms with van der Waals surface area (Å²) < 4.78 is 0. The number of rotatable bonds is 2. The number of nitrogens with zero attached hydrogens (tertiary/aromatic N) is 1. The highest BCUT2D eigenvalue weighted by Crippen LogP contribution is 2.29. The van der Waals surface area contributed by atoms with Crippen LogP contribution in [0.4, 0.5) is 5.13 Å². The lowest BCUT2D eigenvalue weighted by molar-refractivity contribution is 0.723. The summed E-state index contributed by atoms with van der Waals surface area (Å²) in [5, 5.41) is 7.26. The molecule has 1 saturated heterocycles. The summed E-state index contributed by atoms with van der Waals surface area (Å²) in [6.45, 7) is 2.28. The minimum atomic E-state index is 0.626. The van der Waals surface area contributed by atoms with Crippen molar-refractivity contribution >= 4 is 28.2 Å². The molecule has 2 rings (SSSR count). The molecule has 1 aliphatic heterocycles. The fourth-order valence-electron chi connectivity index (χ4n) is 1.37. The molecule has 0 bridgehead atoms. The van der Waals surface area contributed by atoms with Gasteiger partial charge in [-0.2, -0.15) is 11.8 Å². The van der Waals surface area contributed by atoms with Gasteiger partial charge in [-0.25, -0.2) is 4.98 Å². The van der Waals surface area contributed by atoms with Crippen LogP contribution in [-0.4, -0.2) is 22.0 Å². The third-order valence-corrected chi connectivity index (χ3v) is 4.15. The molecular weight excluding hydrogens is 188 g/mol. The van der Waals surface area contributed by atoms with E-state index in [-0.39, 0.29) is 0 Å². The van der Waals surface area contributed by atoms with Gasteiger partial charge in [-0.1, -0.05) is 6.92 Å². The van der Waals surface area contributed by atoms with E-state index in [4.69, 9.17) is 0 Å². The first-order chi connectivity index (χ1) is 5.86. The summed E-state index contributed by atoms with van der Waals surface area (Å²) in [6.07, 6.45) is 3.12. The molecule has 1 aromatic rings. The van der Waals surface area contributed by atoms with Crippen LogP contribution >= 0.6 is 23.1 Å². The molecule has 1 aliphatic rings. The summed E-state index contributed by atoms with van der Waals surface area (Å²) in [5.74, 6) is 1.28. The van der Waals surface area contributed by atoms with Crippen molar-refractivity contribution in [3.8, 4) is 0 Å². The molecule has 0 radical (unpaired) electrons. The summed E-state index contributed by atoms with van der Waals surface area (Å²) in [6, 6.07) is 0.626. The van der Waals surface area contributed by atoms with E-state index in [1.54, 1.807) is 11.3 Å². The van der Waals surface area contributed by atoms with Gasteiger partial charge in [-0.05, 0) is 12.2 Å². The molecule has 66 valence electrons. The van der Waals surface area contributed by atoms with E-state index in [1.807, 2.05) is 23.3 Å². The first-order valence-corrected chi connectivity index (χ1v) is 6.07. The van der Waals surface area contributed by atoms with Crippen molar-refractivity contribution in [3.05, 3.63) is 11.6 Å². The Hall–Kier alpha value is -0.220. The van der Waals surface area contributed by atoms with E-state index < -0.39 is 0 Å². The predicted molar refractivity (Wildman–Crippen MR) is 56.1 cm³/mol. The van der Waals surface area contributed by atoms with Crippen LogP contribution in [-0.2, 0) is 0 Å². The predicted octanol–water partition coefficient (Wildman–Crippen LogP) is 2.45. The standard InChI is InChI=1S/C8H12N2S2/c1-6-7(2-4-11-6)10-8-9-3-5-12-8/h3,5-7H,2,4H2,1H3,(H,9,10). The molecule has 1 fully saturated rings. The Labute approximate surface area is 80.8 Å².